The van der Waals surface area contributed by atoms with E-state index in [0.717, 1.165) is 25.0 Å². The van der Waals surface area contributed by atoms with Crippen LogP contribution in [0, 0.1) is 0 Å². The van der Waals surface area contributed by atoms with Crippen molar-refractivity contribution in [3.8, 4) is 0 Å². The quantitative estimate of drug-likeness (QED) is 0.454. The molecule has 90 valence electrons. The van der Waals surface area contributed by atoms with Gasteiger partial charge in [0.1, 0.15) is 0 Å². The number of esters is 1. The van der Waals surface area contributed by atoms with Crippen molar-refractivity contribution in [1.29, 1.82) is 0 Å². The standard InChI is InChI=1S/C11H21FO2S/c1-3-14-11(13)9-15-8-6-4-5-7-10(2)12/h10H,3-9H2,1-2H3. The van der Waals surface area contributed by atoms with Crippen molar-refractivity contribution in [2.75, 3.05) is 18.1 Å². The summed E-state index contributed by atoms with van der Waals surface area (Å²) in [7, 11) is 0. The zero-order valence-corrected chi connectivity index (χ0v) is 10.4. The summed E-state index contributed by atoms with van der Waals surface area (Å²) >= 11 is 1.59. The van der Waals surface area contributed by atoms with Gasteiger partial charge in [0.15, 0.2) is 0 Å². The lowest BCUT2D eigenvalue weighted by Gasteiger charge is -2.03. The van der Waals surface area contributed by atoms with E-state index in [1.165, 1.54) is 0 Å². The van der Waals surface area contributed by atoms with Crippen LogP contribution in [0.15, 0.2) is 0 Å². The average molecular weight is 236 g/mol. The predicted molar refractivity (Wildman–Crippen MR) is 63.0 cm³/mol. The predicted octanol–water partition coefficient (Wildman–Crippen LogP) is 3.20. The fraction of sp³-hybridized carbons (Fsp3) is 0.909. The van der Waals surface area contributed by atoms with E-state index in [2.05, 4.69) is 0 Å². The number of hydrogen-bond acceptors (Lipinski definition) is 3. The minimum Gasteiger partial charge on any atom is -0.465 e. The first-order valence-electron chi connectivity index (χ1n) is 5.54. The molecule has 0 saturated heterocycles. The van der Waals surface area contributed by atoms with Crippen LogP contribution in [0.2, 0.25) is 0 Å². The van der Waals surface area contributed by atoms with Crippen LogP contribution in [-0.4, -0.2) is 30.3 Å². The molecule has 2 nitrogen and oxygen atoms in total. The Morgan fingerprint density at radius 3 is 2.73 bits per heavy atom. The van der Waals surface area contributed by atoms with Crippen molar-refractivity contribution >= 4 is 17.7 Å². The van der Waals surface area contributed by atoms with Crippen molar-refractivity contribution in [1.82, 2.24) is 0 Å². The highest BCUT2D eigenvalue weighted by Crippen LogP contribution is 2.10. The summed E-state index contributed by atoms with van der Waals surface area (Å²) in [6.07, 6.45) is 3.01. The van der Waals surface area contributed by atoms with Crippen molar-refractivity contribution in [2.45, 2.75) is 45.7 Å². The number of rotatable bonds is 9. The molecule has 0 radical (unpaired) electrons. The third kappa shape index (κ3) is 11.7. The normalized spacial score (nSPS) is 12.5. The lowest BCUT2D eigenvalue weighted by molar-refractivity contribution is -0.139. The second-order valence-corrected chi connectivity index (χ2v) is 4.59. The van der Waals surface area contributed by atoms with E-state index >= 15 is 0 Å². The molecule has 0 spiro atoms. The van der Waals surface area contributed by atoms with Crippen LogP contribution in [0.5, 0.6) is 0 Å². The van der Waals surface area contributed by atoms with Gasteiger partial charge in [-0.3, -0.25) is 4.79 Å². The molecule has 0 aliphatic rings. The molecule has 1 unspecified atom stereocenters. The lowest BCUT2D eigenvalue weighted by Crippen LogP contribution is -2.06. The van der Waals surface area contributed by atoms with Gasteiger partial charge < -0.3 is 4.74 Å². The number of hydrogen-bond donors (Lipinski definition) is 0. The Balaban J connectivity index is 3.08. The molecule has 0 bridgehead atoms. The van der Waals surface area contributed by atoms with Crippen molar-refractivity contribution in [3.05, 3.63) is 0 Å². The van der Waals surface area contributed by atoms with E-state index in [9.17, 15) is 9.18 Å². The molecule has 0 N–H and O–H groups in total. The molecule has 0 aromatic carbocycles. The highest BCUT2D eigenvalue weighted by Gasteiger charge is 2.01. The molecule has 4 heteroatoms. The first-order valence-corrected chi connectivity index (χ1v) is 6.69. The SMILES string of the molecule is CCOC(=O)CSCCCCCC(C)F. The molecule has 0 aliphatic carbocycles. The minimum absolute atomic E-state index is 0.139. The Kier molecular flexibility index (Phi) is 10.1. The molecule has 0 amide bonds. The van der Waals surface area contributed by atoms with Gasteiger partial charge in [0.2, 0.25) is 0 Å². The third-order valence-corrected chi connectivity index (χ3v) is 2.93. The summed E-state index contributed by atoms with van der Waals surface area (Å²) < 4.78 is 17.2. The number of thioether (sulfide) groups is 1. The van der Waals surface area contributed by atoms with E-state index in [-0.39, 0.29) is 5.97 Å². The molecule has 0 aliphatic heterocycles. The second kappa shape index (κ2) is 10.3. The van der Waals surface area contributed by atoms with E-state index < -0.39 is 6.17 Å². The zero-order valence-electron chi connectivity index (χ0n) is 9.63. The Bertz CT molecular complexity index is 163. The molecule has 0 rings (SSSR count). The van der Waals surface area contributed by atoms with Crippen LogP contribution in [0.3, 0.4) is 0 Å². The molecule has 15 heavy (non-hydrogen) atoms. The van der Waals surface area contributed by atoms with Gasteiger partial charge in [0.25, 0.3) is 0 Å². The number of carbonyl (C=O) groups is 1. The summed E-state index contributed by atoms with van der Waals surface area (Å²) in [6, 6.07) is 0. The summed E-state index contributed by atoms with van der Waals surface area (Å²) in [5, 5.41) is 0. The van der Waals surface area contributed by atoms with Crippen LogP contribution in [0.4, 0.5) is 4.39 Å². The number of alkyl halides is 1. The van der Waals surface area contributed by atoms with Crippen LogP contribution in [-0.2, 0) is 9.53 Å². The highest BCUT2D eigenvalue weighted by molar-refractivity contribution is 7.99. The van der Waals surface area contributed by atoms with E-state index in [1.807, 2.05) is 0 Å². The Hall–Kier alpha value is -0.250. The third-order valence-electron chi connectivity index (χ3n) is 1.92. The Morgan fingerprint density at radius 1 is 1.40 bits per heavy atom. The van der Waals surface area contributed by atoms with Gasteiger partial charge in [0.05, 0.1) is 18.5 Å². The smallest absolute Gasteiger partial charge is 0.315 e. The summed E-state index contributed by atoms with van der Waals surface area (Å²) in [5.41, 5.74) is 0. The van der Waals surface area contributed by atoms with Crippen LogP contribution < -0.4 is 0 Å². The summed E-state index contributed by atoms with van der Waals surface area (Å²) in [6.45, 7) is 3.85. The van der Waals surface area contributed by atoms with Gasteiger partial charge in [-0.1, -0.05) is 12.8 Å². The lowest BCUT2D eigenvalue weighted by atomic mass is 10.1. The molecule has 0 aromatic heterocycles. The Morgan fingerprint density at radius 2 is 2.13 bits per heavy atom. The highest BCUT2D eigenvalue weighted by atomic mass is 32.2. The number of ether oxygens (including phenoxy) is 1. The van der Waals surface area contributed by atoms with Crippen molar-refractivity contribution < 1.29 is 13.9 Å². The molecule has 0 saturated carbocycles. The van der Waals surface area contributed by atoms with E-state index in [1.54, 1.807) is 25.6 Å². The number of unbranched alkanes of at least 4 members (excludes halogenated alkanes) is 2. The summed E-state index contributed by atoms with van der Waals surface area (Å²) in [4.78, 5) is 10.9. The molecule has 0 aromatic rings. The Labute approximate surface area is 96.0 Å². The maximum absolute atomic E-state index is 12.4. The van der Waals surface area contributed by atoms with Gasteiger partial charge in [-0.15, -0.1) is 0 Å². The first-order chi connectivity index (χ1) is 7.16. The second-order valence-electron chi connectivity index (χ2n) is 3.49. The van der Waals surface area contributed by atoms with Crippen molar-refractivity contribution in [2.24, 2.45) is 0 Å². The largest absolute Gasteiger partial charge is 0.465 e. The topological polar surface area (TPSA) is 26.3 Å². The van der Waals surface area contributed by atoms with Gasteiger partial charge >= 0.3 is 5.97 Å². The van der Waals surface area contributed by atoms with Gasteiger partial charge in [-0.2, -0.15) is 11.8 Å². The van der Waals surface area contributed by atoms with Crippen LogP contribution in [0.25, 0.3) is 0 Å². The summed E-state index contributed by atoms with van der Waals surface area (Å²) in [5.74, 6) is 1.26. The maximum atomic E-state index is 12.4. The van der Waals surface area contributed by atoms with E-state index in [4.69, 9.17) is 4.74 Å². The van der Waals surface area contributed by atoms with Crippen molar-refractivity contribution in [3.63, 3.8) is 0 Å². The van der Waals surface area contributed by atoms with E-state index in [0.29, 0.717) is 18.8 Å². The van der Waals surface area contributed by atoms with Gasteiger partial charge in [0, 0.05) is 0 Å². The van der Waals surface area contributed by atoms with Crippen LogP contribution >= 0.6 is 11.8 Å². The molecule has 1 atom stereocenters. The van der Waals surface area contributed by atoms with Gasteiger partial charge in [-0.05, 0) is 32.4 Å². The maximum Gasteiger partial charge on any atom is 0.315 e. The molecular weight excluding hydrogens is 215 g/mol. The van der Waals surface area contributed by atoms with Gasteiger partial charge in [-0.25, -0.2) is 4.39 Å². The average Bonchev–Trinajstić information content (AvgIpc) is 2.16. The fourth-order valence-corrected chi connectivity index (χ4v) is 1.97. The zero-order chi connectivity index (χ0) is 11.5. The minimum atomic E-state index is -0.683. The number of halogens is 1. The molecular formula is C11H21FO2S. The van der Waals surface area contributed by atoms with Crippen LogP contribution in [0.1, 0.15) is 39.5 Å². The number of carbonyl (C=O) groups excluding carboxylic acids is 1. The first kappa shape index (κ1) is 14.8. The fourth-order valence-electron chi connectivity index (χ4n) is 1.16. The monoisotopic (exact) mass is 236 g/mol. The molecule has 0 fully saturated rings. The molecule has 0 heterocycles.